The van der Waals surface area contributed by atoms with E-state index in [0.29, 0.717) is 5.69 Å². The summed E-state index contributed by atoms with van der Waals surface area (Å²) in [6.07, 6.45) is 1.75. The van der Waals surface area contributed by atoms with E-state index in [9.17, 15) is 18.5 Å². The Morgan fingerprint density at radius 1 is 1.38 bits per heavy atom. The third kappa shape index (κ3) is 4.89. The standard InChI is InChI=1S/C15H23N4O4S/c1-11(2)10-18-7-5-12(6-8-18)17-14-4-3-13(24(16,22)23)9-15(14)19(20)21/h3-4,9,12,17H,5-8,10H2,1-2H3,(H2,16,22,23). The number of nitrogens with two attached hydrogens (primary N) is 1. The lowest BCUT2D eigenvalue weighted by Gasteiger charge is -2.33. The normalized spacial score (nSPS) is 17.2. The van der Waals surface area contributed by atoms with E-state index in [1.165, 1.54) is 18.1 Å². The molecule has 9 heteroatoms. The number of nitrogens with zero attached hydrogens (tertiary/aromatic N) is 2. The van der Waals surface area contributed by atoms with Crippen LogP contribution in [0.25, 0.3) is 0 Å². The average Bonchev–Trinajstić information content (AvgIpc) is 2.47. The lowest BCUT2D eigenvalue weighted by Crippen LogP contribution is -2.40. The van der Waals surface area contributed by atoms with Crippen LogP contribution in [0.1, 0.15) is 26.7 Å². The van der Waals surface area contributed by atoms with Crippen LogP contribution in [0.4, 0.5) is 11.4 Å². The largest absolute Gasteiger partial charge is 0.377 e. The summed E-state index contributed by atoms with van der Waals surface area (Å²) in [6, 6.07) is 3.82. The minimum Gasteiger partial charge on any atom is -0.377 e. The van der Waals surface area contributed by atoms with Gasteiger partial charge in [0.1, 0.15) is 5.69 Å². The highest BCUT2D eigenvalue weighted by Crippen LogP contribution is 2.29. The molecule has 1 fully saturated rings. The number of sulfonamides is 1. The number of nitro groups is 1. The zero-order chi connectivity index (χ0) is 17.9. The molecule has 1 radical (unpaired) electrons. The summed E-state index contributed by atoms with van der Waals surface area (Å²) in [5, 5.41) is 19.4. The Morgan fingerprint density at radius 2 is 2.00 bits per heavy atom. The number of hydrogen-bond acceptors (Lipinski definition) is 6. The van der Waals surface area contributed by atoms with Gasteiger partial charge in [0.05, 0.1) is 9.82 Å². The van der Waals surface area contributed by atoms with Crippen molar-refractivity contribution in [3.05, 3.63) is 34.2 Å². The fourth-order valence-electron chi connectivity index (χ4n) is 2.86. The molecule has 2 rings (SSSR count). The van der Waals surface area contributed by atoms with Crippen LogP contribution >= 0.6 is 0 Å². The fourth-order valence-corrected chi connectivity index (χ4v) is 3.40. The van der Waals surface area contributed by atoms with Crippen LogP contribution < -0.4 is 10.5 Å². The third-order valence-electron chi connectivity index (χ3n) is 3.98. The number of nitrogens with one attached hydrogen (secondary N) is 1. The fraction of sp³-hybridized carbons (Fsp3) is 0.533. The van der Waals surface area contributed by atoms with E-state index in [0.717, 1.165) is 38.5 Å². The SMILES string of the molecule is C[C](C)CN1CCC(Nc2ccc(S(N)(=O)=O)cc2[N+](=O)[O-])CC1. The number of rotatable bonds is 6. The molecule has 0 saturated carbocycles. The zero-order valence-electron chi connectivity index (χ0n) is 13.9. The van der Waals surface area contributed by atoms with Gasteiger partial charge in [-0.2, -0.15) is 0 Å². The quantitative estimate of drug-likeness (QED) is 0.592. The van der Waals surface area contributed by atoms with Gasteiger partial charge in [-0.15, -0.1) is 0 Å². The smallest absolute Gasteiger partial charge is 0.293 e. The summed E-state index contributed by atoms with van der Waals surface area (Å²) < 4.78 is 22.7. The van der Waals surface area contributed by atoms with Gasteiger partial charge in [-0.25, -0.2) is 13.6 Å². The van der Waals surface area contributed by atoms with Crippen LogP contribution in [-0.4, -0.2) is 43.9 Å². The number of hydrogen-bond donors (Lipinski definition) is 2. The van der Waals surface area contributed by atoms with Crippen molar-refractivity contribution < 1.29 is 13.3 Å². The predicted molar refractivity (Wildman–Crippen MR) is 92.1 cm³/mol. The highest BCUT2D eigenvalue weighted by molar-refractivity contribution is 7.89. The van der Waals surface area contributed by atoms with Crippen molar-refractivity contribution in [2.24, 2.45) is 5.14 Å². The minimum atomic E-state index is -3.97. The van der Waals surface area contributed by atoms with Gasteiger partial charge in [0.15, 0.2) is 0 Å². The van der Waals surface area contributed by atoms with Gasteiger partial charge < -0.3 is 10.2 Å². The summed E-state index contributed by atoms with van der Waals surface area (Å²) in [5.41, 5.74) is 0.0470. The molecule has 0 atom stereocenters. The van der Waals surface area contributed by atoms with E-state index in [-0.39, 0.29) is 16.6 Å². The molecule has 0 spiro atoms. The van der Waals surface area contributed by atoms with Gasteiger partial charge in [-0.05, 0) is 30.9 Å². The molecule has 0 bridgehead atoms. The highest BCUT2D eigenvalue weighted by atomic mass is 32.2. The Labute approximate surface area is 142 Å². The van der Waals surface area contributed by atoms with Gasteiger partial charge >= 0.3 is 0 Å². The van der Waals surface area contributed by atoms with Gasteiger partial charge in [-0.3, -0.25) is 10.1 Å². The Bertz CT molecular complexity index is 697. The minimum absolute atomic E-state index is 0.123. The molecule has 133 valence electrons. The van der Waals surface area contributed by atoms with Crippen molar-refractivity contribution in [3.63, 3.8) is 0 Å². The van der Waals surface area contributed by atoms with Gasteiger partial charge in [0.25, 0.3) is 5.69 Å². The van der Waals surface area contributed by atoms with Crippen molar-refractivity contribution in [1.29, 1.82) is 0 Å². The predicted octanol–water partition coefficient (Wildman–Crippen LogP) is 1.73. The van der Waals surface area contributed by atoms with Crippen LogP contribution in [0.5, 0.6) is 0 Å². The van der Waals surface area contributed by atoms with Crippen LogP contribution in [0.2, 0.25) is 0 Å². The average molecular weight is 355 g/mol. The van der Waals surface area contributed by atoms with E-state index < -0.39 is 14.9 Å². The first-order valence-electron chi connectivity index (χ1n) is 7.76. The molecule has 0 amide bonds. The highest BCUT2D eigenvalue weighted by Gasteiger charge is 2.24. The van der Waals surface area contributed by atoms with Gasteiger partial charge in [0, 0.05) is 31.7 Å². The molecule has 1 heterocycles. The first kappa shape index (κ1) is 18.6. The van der Waals surface area contributed by atoms with E-state index in [1.807, 2.05) is 0 Å². The third-order valence-corrected chi connectivity index (χ3v) is 4.89. The molecule has 1 saturated heterocycles. The number of piperidine rings is 1. The van der Waals surface area contributed by atoms with Crippen LogP contribution in [-0.2, 0) is 10.0 Å². The van der Waals surface area contributed by atoms with E-state index in [2.05, 4.69) is 24.1 Å². The molecule has 8 nitrogen and oxygen atoms in total. The summed E-state index contributed by atoms with van der Waals surface area (Å²) in [4.78, 5) is 12.7. The van der Waals surface area contributed by atoms with Crippen molar-refractivity contribution in [3.8, 4) is 0 Å². The summed E-state index contributed by atoms with van der Waals surface area (Å²) in [7, 11) is -3.97. The maximum Gasteiger partial charge on any atom is 0.293 e. The monoisotopic (exact) mass is 355 g/mol. The van der Waals surface area contributed by atoms with Crippen LogP contribution in [0, 0.1) is 16.0 Å². The van der Waals surface area contributed by atoms with Crippen molar-refractivity contribution >= 4 is 21.4 Å². The summed E-state index contributed by atoms with van der Waals surface area (Å²) in [6.45, 7) is 7.01. The molecule has 0 aliphatic carbocycles. The second-order valence-electron chi connectivity index (χ2n) is 6.38. The molecule has 1 aliphatic heterocycles. The topological polar surface area (TPSA) is 119 Å². The van der Waals surface area contributed by atoms with E-state index >= 15 is 0 Å². The van der Waals surface area contributed by atoms with E-state index in [4.69, 9.17) is 5.14 Å². The zero-order valence-corrected chi connectivity index (χ0v) is 14.7. The molecular weight excluding hydrogens is 332 g/mol. The summed E-state index contributed by atoms with van der Waals surface area (Å²) >= 11 is 0. The van der Waals surface area contributed by atoms with Crippen LogP contribution in [0.15, 0.2) is 23.1 Å². The Hall–Kier alpha value is -1.71. The Morgan fingerprint density at radius 3 is 2.50 bits per heavy atom. The molecule has 0 unspecified atom stereocenters. The van der Waals surface area contributed by atoms with Gasteiger partial charge in [-0.1, -0.05) is 13.8 Å². The molecule has 24 heavy (non-hydrogen) atoms. The van der Waals surface area contributed by atoms with E-state index in [1.54, 1.807) is 0 Å². The lowest BCUT2D eigenvalue weighted by molar-refractivity contribution is -0.384. The Kier molecular flexibility index (Phi) is 5.79. The second kappa shape index (κ2) is 7.45. The Balaban J connectivity index is 2.09. The lowest BCUT2D eigenvalue weighted by atomic mass is 10.0. The first-order valence-corrected chi connectivity index (χ1v) is 9.30. The molecule has 1 aliphatic rings. The number of benzene rings is 1. The molecular formula is C15H23N4O4S. The molecule has 3 N–H and O–H groups in total. The first-order chi connectivity index (χ1) is 11.2. The number of anilines is 1. The van der Waals surface area contributed by atoms with Crippen molar-refractivity contribution in [2.75, 3.05) is 25.0 Å². The number of primary sulfonamides is 1. The van der Waals surface area contributed by atoms with Gasteiger partial charge in [0.2, 0.25) is 10.0 Å². The van der Waals surface area contributed by atoms with Crippen molar-refractivity contribution in [2.45, 2.75) is 37.6 Å². The van der Waals surface area contributed by atoms with Crippen LogP contribution in [0.3, 0.4) is 0 Å². The summed E-state index contributed by atoms with van der Waals surface area (Å²) in [5.74, 6) is 1.36. The molecule has 1 aromatic rings. The molecule has 0 aromatic heterocycles. The maximum atomic E-state index is 11.4. The number of nitro benzene ring substituents is 1. The number of likely N-dealkylation sites (tertiary alicyclic amines) is 1. The van der Waals surface area contributed by atoms with Crippen molar-refractivity contribution in [1.82, 2.24) is 4.90 Å². The maximum absolute atomic E-state index is 11.4. The second-order valence-corrected chi connectivity index (χ2v) is 7.94. The molecule has 1 aromatic carbocycles.